The average molecular weight is 212 g/mol. The number of nitrogens with zero attached hydrogens (tertiary/aromatic N) is 1. The monoisotopic (exact) mass is 212 g/mol. The Kier molecular flexibility index (Phi) is 5.59. The number of pyridine rings is 1. The Hall–Kier alpha value is -0.580. The van der Waals surface area contributed by atoms with Gasteiger partial charge in [-0.05, 0) is 24.6 Å². The van der Waals surface area contributed by atoms with Gasteiger partial charge in [-0.3, -0.25) is 0 Å². The van der Waals surface area contributed by atoms with Crippen LogP contribution in [0.25, 0.3) is 0 Å². The molecule has 0 atom stereocenters. The van der Waals surface area contributed by atoms with Crippen LogP contribution in [0.4, 0.5) is 0 Å². The summed E-state index contributed by atoms with van der Waals surface area (Å²) < 4.78 is 4.99. The highest BCUT2D eigenvalue weighted by Gasteiger charge is 2.02. The highest BCUT2D eigenvalue weighted by Crippen LogP contribution is 2.19. The lowest BCUT2D eigenvalue weighted by atomic mass is 10.2. The van der Waals surface area contributed by atoms with E-state index in [2.05, 4.69) is 11.1 Å². The van der Waals surface area contributed by atoms with Crippen LogP contribution in [0, 0.1) is 0 Å². The van der Waals surface area contributed by atoms with E-state index in [-0.39, 0.29) is 0 Å². The molecule has 2 N–H and O–H groups in total. The summed E-state index contributed by atoms with van der Waals surface area (Å²) in [6, 6.07) is 4.03. The van der Waals surface area contributed by atoms with E-state index in [1.54, 1.807) is 18.9 Å². The molecule has 0 bridgehead atoms. The molecule has 1 aromatic rings. The topological polar surface area (TPSA) is 48.1 Å². The first-order valence-corrected chi connectivity index (χ1v) is 5.62. The molecule has 0 saturated heterocycles. The summed E-state index contributed by atoms with van der Waals surface area (Å²) >= 11 is 1.72. The molecule has 0 aliphatic rings. The molecule has 3 nitrogen and oxygen atoms in total. The van der Waals surface area contributed by atoms with E-state index < -0.39 is 0 Å². The van der Waals surface area contributed by atoms with Gasteiger partial charge in [-0.25, -0.2) is 4.98 Å². The minimum absolute atomic E-state index is 0.670. The largest absolute Gasteiger partial charge is 0.384 e. The number of hydrogen-bond donors (Lipinski definition) is 1. The quantitative estimate of drug-likeness (QED) is 0.571. The summed E-state index contributed by atoms with van der Waals surface area (Å²) in [5, 5.41) is 1.08. The number of hydrogen-bond acceptors (Lipinski definition) is 4. The molecule has 0 unspecified atom stereocenters. The third kappa shape index (κ3) is 3.65. The van der Waals surface area contributed by atoms with Gasteiger partial charge in [0.25, 0.3) is 0 Å². The molecular weight excluding hydrogens is 196 g/mol. The van der Waals surface area contributed by atoms with Crippen molar-refractivity contribution < 1.29 is 4.74 Å². The van der Waals surface area contributed by atoms with Crippen molar-refractivity contribution in [2.24, 2.45) is 5.73 Å². The summed E-state index contributed by atoms with van der Waals surface area (Å²) in [6.07, 6.45) is 2.71. The maximum atomic E-state index is 5.52. The second-order valence-electron chi connectivity index (χ2n) is 2.85. The second kappa shape index (κ2) is 6.81. The van der Waals surface area contributed by atoms with Crippen LogP contribution in [0.1, 0.15) is 5.56 Å². The van der Waals surface area contributed by atoms with E-state index in [9.17, 15) is 0 Å². The van der Waals surface area contributed by atoms with Crippen LogP contribution >= 0.6 is 11.8 Å². The average Bonchev–Trinajstić information content (AvgIpc) is 2.21. The van der Waals surface area contributed by atoms with Crippen molar-refractivity contribution in [2.75, 3.05) is 26.0 Å². The Morgan fingerprint density at radius 3 is 3.14 bits per heavy atom. The molecule has 0 aliphatic carbocycles. The first kappa shape index (κ1) is 11.5. The van der Waals surface area contributed by atoms with E-state index >= 15 is 0 Å². The van der Waals surface area contributed by atoms with Gasteiger partial charge in [-0.1, -0.05) is 6.07 Å². The van der Waals surface area contributed by atoms with Crippen LogP contribution < -0.4 is 5.73 Å². The summed E-state index contributed by atoms with van der Waals surface area (Å²) in [4.78, 5) is 4.32. The minimum atomic E-state index is 0.670. The third-order valence-electron chi connectivity index (χ3n) is 1.79. The van der Waals surface area contributed by atoms with Crippen molar-refractivity contribution in [1.82, 2.24) is 4.98 Å². The first-order chi connectivity index (χ1) is 6.88. The molecule has 1 rings (SSSR count). The highest BCUT2D eigenvalue weighted by atomic mass is 32.2. The van der Waals surface area contributed by atoms with Gasteiger partial charge in [0.1, 0.15) is 0 Å². The van der Waals surface area contributed by atoms with E-state index in [1.807, 2.05) is 12.3 Å². The Balaban J connectivity index is 2.55. The second-order valence-corrected chi connectivity index (χ2v) is 3.93. The van der Waals surface area contributed by atoms with E-state index in [0.29, 0.717) is 6.54 Å². The maximum Gasteiger partial charge on any atom is 0.0993 e. The number of ether oxygens (including phenoxy) is 1. The van der Waals surface area contributed by atoms with Crippen molar-refractivity contribution in [1.29, 1.82) is 0 Å². The zero-order valence-electron chi connectivity index (χ0n) is 8.40. The van der Waals surface area contributed by atoms with Crippen LogP contribution in [0.3, 0.4) is 0 Å². The van der Waals surface area contributed by atoms with Crippen LogP contribution in [0.5, 0.6) is 0 Å². The zero-order chi connectivity index (χ0) is 10.2. The number of rotatable bonds is 6. The standard InChI is InChI=1S/C10H16N2OS/c1-13-7-8-14-10-9(4-5-11)3-2-6-12-10/h2-3,6H,4-5,7-8,11H2,1H3. The molecule has 0 spiro atoms. The molecule has 4 heteroatoms. The Bertz CT molecular complexity index is 268. The van der Waals surface area contributed by atoms with Crippen molar-refractivity contribution >= 4 is 11.8 Å². The van der Waals surface area contributed by atoms with E-state index in [4.69, 9.17) is 10.5 Å². The van der Waals surface area contributed by atoms with Gasteiger partial charge in [0.2, 0.25) is 0 Å². The summed E-state index contributed by atoms with van der Waals surface area (Å²) in [5.74, 6) is 0.936. The van der Waals surface area contributed by atoms with Crippen molar-refractivity contribution in [3.05, 3.63) is 23.9 Å². The van der Waals surface area contributed by atoms with Gasteiger partial charge in [0.05, 0.1) is 11.6 Å². The molecule has 0 aliphatic heterocycles. The summed E-state index contributed by atoms with van der Waals surface area (Å²) in [7, 11) is 1.71. The summed E-state index contributed by atoms with van der Waals surface area (Å²) in [6.45, 7) is 1.42. The van der Waals surface area contributed by atoms with E-state index in [0.717, 1.165) is 23.8 Å². The molecular formula is C10H16N2OS. The van der Waals surface area contributed by atoms with Gasteiger partial charge >= 0.3 is 0 Å². The number of nitrogens with two attached hydrogens (primary N) is 1. The lowest BCUT2D eigenvalue weighted by Gasteiger charge is -2.05. The molecule has 14 heavy (non-hydrogen) atoms. The Morgan fingerprint density at radius 1 is 1.57 bits per heavy atom. The number of thioether (sulfide) groups is 1. The molecule has 0 amide bonds. The molecule has 0 fully saturated rings. The van der Waals surface area contributed by atoms with Crippen LogP contribution in [0.15, 0.2) is 23.4 Å². The molecule has 1 heterocycles. The maximum absolute atomic E-state index is 5.52. The predicted molar refractivity (Wildman–Crippen MR) is 59.6 cm³/mol. The molecule has 0 saturated carbocycles. The lowest BCUT2D eigenvalue weighted by molar-refractivity contribution is 0.218. The van der Waals surface area contributed by atoms with Gasteiger partial charge in [-0.2, -0.15) is 0 Å². The highest BCUT2D eigenvalue weighted by molar-refractivity contribution is 7.99. The fourth-order valence-electron chi connectivity index (χ4n) is 1.12. The summed E-state index contributed by atoms with van der Waals surface area (Å²) in [5.41, 5.74) is 6.76. The first-order valence-electron chi connectivity index (χ1n) is 4.64. The van der Waals surface area contributed by atoms with Gasteiger partial charge in [-0.15, -0.1) is 11.8 Å². The molecule has 1 aromatic heterocycles. The fourth-order valence-corrected chi connectivity index (χ4v) is 2.06. The van der Waals surface area contributed by atoms with Gasteiger partial charge < -0.3 is 10.5 Å². The third-order valence-corrected chi connectivity index (χ3v) is 2.80. The van der Waals surface area contributed by atoms with Crippen molar-refractivity contribution in [3.8, 4) is 0 Å². The minimum Gasteiger partial charge on any atom is -0.384 e. The molecule has 78 valence electrons. The Labute approximate surface area is 89.1 Å². The normalized spacial score (nSPS) is 10.4. The molecule has 0 aromatic carbocycles. The Morgan fingerprint density at radius 2 is 2.43 bits per heavy atom. The van der Waals surface area contributed by atoms with Crippen molar-refractivity contribution in [3.63, 3.8) is 0 Å². The predicted octanol–water partition coefficient (Wildman–Crippen LogP) is 1.32. The van der Waals surface area contributed by atoms with Crippen LogP contribution in [0.2, 0.25) is 0 Å². The fraction of sp³-hybridized carbons (Fsp3) is 0.500. The van der Waals surface area contributed by atoms with Gasteiger partial charge in [0.15, 0.2) is 0 Å². The van der Waals surface area contributed by atoms with Crippen LogP contribution in [-0.2, 0) is 11.2 Å². The molecule has 0 radical (unpaired) electrons. The van der Waals surface area contributed by atoms with E-state index in [1.165, 1.54) is 5.56 Å². The number of methoxy groups -OCH3 is 1. The number of aromatic nitrogens is 1. The lowest BCUT2D eigenvalue weighted by Crippen LogP contribution is -2.04. The zero-order valence-corrected chi connectivity index (χ0v) is 9.22. The SMILES string of the molecule is COCCSc1ncccc1CCN. The van der Waals surface area contributed by atoms with Gasteiger partial charge in [0, 0.05) is 19.1 Å². The smallest absolute Gasteiger partial charge is 0.0993 e. The van der Waals surface area contributed by atoms with Crippen molar-refractivity contribution in [2.45, 2.75) is 11.4 Å². The van der Waals surface area contributed by atoms with Crippen LogP contribution in [-0.4, -0.2) is 31.0 Å².